The molecule has 2 aromatic carbocycles. The van der Waals surface area contributed by atoms with Crippen LogP contribution in [0.25, 0.3) is 11.0 Å². The Balaban J connectivity index is 1.78. The monoisotopic (exact) mass is 357 g/mol. The molecule has 25 heavy (non-hydrogen) atoms. The number of carbonyl (C=O) groups is 1. The smallest absolute Gasteiger partial charge is 0.325 e. The first-order chi connectivity index (χ1) is 12.0. The van der Waals surface area contributed by atoms with Crippen molar-refractivity contribution in [2.24, 2.45) is 0 Å². The number of carbonyl (C=O) groups excluding carboxylic acids is 1. The highest BCUT2D eigenvalue weighted by Gasteiger charge is 2.13. The second-order valence-electron chi connectivity index (χ2n) is 5.95. The molecule has 0 bridgehead atoms. The van der Waals surface area contributed by atoms with Gasteiger partial charge in [-0.2, -0.15) is 0 Å². The quantitative estimate of drug-likeness (QED) is 0.754. The number of hydrogen-bond acceptors (Lipinski definition) is 2. The van der Waals surface area contributed by atoms with Crippen molar-refractivity contribution in [2.45, 2.75) is 33.4 Å². The number of nitrogens with zero attached hydrogens (tertiary/aromatic N) is 2. The van der Waals surface area contributed by atoms with Gasteiger partial charge in [-0.3, -0.25) is 13.9 Å². The molecule has 0 aliphatic rings. The average Bonchev–Trinajstić information content (AvgIpc) is 2.86. The van der Waals surface area contributed by atoms with Crippen LogP contribution >= 0.6 is 11.6 Å². The highest BCUT2D eigenvalue weighted by Crippen LogP contribution is 2.23. The van der Waals surface area contributed by atoms with Gasteiger partial charge >= 0.3 is 5.69 Å². The predicted octanol–water partition coefficient (Wildman–Crippen LogP) is 3.81. The van der Waals surface area contributed by atoms with E-state index in [1.807, 2.05) is 44.2 Å². The van der Waals surface area contributed by atoms with Gasteiger partial charge in [-0.1, -0.05) is 29.8 Å². The lowest BCUT2D eigenvalue weighted by atomic mass is 10.2. The summed E-state index contributed by atoms with van der Waals surface area (Å²) in [7, 11) is 0. The van der Waals surface area contributed by atoms with Crippen LogP contribution in [0.1, 0.15) is 18.9 Å². The molecule has 0 fully saturated rings. The van der Waals surface area contributed by atoms with E-state index >= 15 is 0 Å². The van der Waals surface area contributed by atoms with Crippen LogP contribution in [-0.4, -0.2) is 15.0 Å². The lowest BCUT2D eigenvalue weighted by Gasteiger charge is -2.08. The second-order valence-corrected chi connectivity index (χ2v) is 6.36. The van der Waals surface area contributed by atoms with Crippen molar-refractivity contribution in [3.8, 4) is 0 Å². The van der Waals surface area contributed by atoms with E-state index in [2.05, 4.69) is 5.32 Å². The van der Waals surface area contributed by atoms with Gasteiger partial charge in [-0.25, -0.2) is 4.79 Å². The molecule has 0 radical (unpaired) electrons. The summed E-state index contributed by atoms with van der Waals surface area (Å²) >= 11 is 6.14. The third kappa shape index (κ3) is 3.46. The van der Waals surface area contributed by atoms with Crippen LogP contribution in [0.15, 0.2) is 47.3 Å². The Kier molecular flexibility index (Phi) is 4.95. The SMILES string of the molecule is CCn1c(=O)n(CCC(=O)Nc2ccc(C)cc2Cl)c2ccccc21. The molecule has 1 aromatic heterocycles. The maximum atomic E-state index is 12.6. The number of anilines is 1. The fourth-order valence-corrected chi connectivity index (χ4v) is 3.22. The molecule has 3 aromatic rings. The van der Waals surface area contributed by atoms with E-state index in [9.17, 15) is 9.59 Å². The number of fused-ring (bicyclic) bond motifs is 1. The molecule has 0 saturated heterocycles. The number of nitrogens with one attached hydrogen (secondary N) is 1. The van der Waals surface area contributed by atoms with Crippen molar-refractivity contribution in [3.05, 3.63) is 63.5 Å². The number of halogens is 1. The molecule has 0 aliphatic heterocycles. The third-order valence-corrected chi connectivity index (χ3v) is 4.52. The summed E-state index contributed by atoms with van der Waals surface area (Å²) in [5, 5.41) is 3.31. The molecule has 0 aliphatic carbocycles. The van der Waals surface area contributed by atoms with E-state index in [1.165, 1.54) is 0 Å². The summed E-state index contributed by atoms with van der Waals surface area (Å²) in [4.78, 5) is 24.8. The number of para-hydroxylation sites is 2. The molecule has 1 N–H and O–H groups in total. The third-order valence-electron chi connectivity index (χ3n) is 4.20. The van der Waals surface area contributed by atoms with Crippen LogP contribution in [0.5, 0.6) is 0 Å². The summed E-state index contributed by atoms with van der Waals surface area (Å²) < 4.78 is 3.36. The maximum absolute atomic E-state index is 12.6. The summed E-state index contributed by atoms with van der Waals surface area (Å²) in [5.74, 6) is -0.175. The molecule has 130 valence electrons. The molecule has 6 heteroatoms. The maximum Gasteiger partial charge on any atom is 0.329 e. The van der Waals surface area contributed by atoms with E-state index in [0.29, 0.717) is 23.8 Å². The van der Waals surface area contributed by atoms with Crippen molar-refractivity contribution in [1.29, 1.82) is 0 Å². The van der Waals surface area contributed by atoms with E-state index in [4.69, 9.17) is 11.6 Å². The first-order valence-electron chi connectivity index (χ1n) is 8.25. The summed E-state index contributed by atoms with van der Waals surface area (Å²) in [6, 6.07) is 13.1. The van der Waals surface area contributed by atoms with Crippen LogP contribution in [0, 0.1) is 6.92 Å². The van der Waals surface area contributed by atoms with Crippen LogP contribution in [-0.2, 0) is 17.9 Å². The van der Waals surface area contributed by atoms with Crippen LogP contribution in [0.2, 0.25) is 5.02 Å². The van der Waals surface area contributed by atoms with Gasteiger partial charge in [0.15, 0.2) is 0 Å². The molecule has 0 saturated carbocycles. The predicted molar refractivity (Wildman–Crippen MR) is 101 cm³/mol. The van der Waals surface area contributed by atoms with E-state index in [-0.39, 0.29) is 18.0 Å². The Labute approximate surface area is 150 Å². The summed E-state index contributed by atoms with van der Waals surface area (Å²) in [6.45, 7) is 4.79. The Morgan fingerprint density at radius 1 is 1.12 bits per heavy atom. The largest absolute Gasteiger partial charge is 0.329 e. The van der Waals surface area contributed by atoms with Crippen molar-refractivity contribution in [2.75, 3.05) is 5.32 Å². The van der Waals surface area contributed by atoms with Gasteiger partial charge in [0.25, 0.3) is 0 Å². The highest BCUT2D eigenvalue weighted by atomic mass is 35.5. The topological polar surface area (TPSA) is 56.0 Å². The van der Waals surface area contributed by atoms with Crippen molar-refractivity contribution in [1.82, 2.24) is 9.13 Å². The van der Waals surface area contributed by atoms with Gasteiger partial charge in [0.1, 0.15) is 0 Å². The number of hydrogen-bond donors (Lipinski definition) is 1. The normalized spacial score (nSPS) is 11.0. The number of rotatable bonds is 5. The van der Waals surface area contributed by atoms with Gasteiger partial charge in [0.2, 0.25) is 5.91 Å². The van der Waals surface area contributed by atoms with E-state index in [0.717, 1.165) is 16.6 Å². The minimum atomic E-state index is -0.175. The number of imidazole rings is 1. The van der Waals surface area contributed by atoms with Gasteiger partial charge in [-0.15, -0.1) is 0 Å². The molecular weight excluding hydrogens is 338 g/mol. The first kappa shape index (κ1) is 17.3. The molecule has 0 spiro atoms. The van der Waals surface area contributed by atoms with Crippen LogP contribution in [0.3, 0.4) is 0 Å². The molecule has 0 atom stereocenters. The molecule has 5 nitrogen and oxygen atoms in total. The fourth-order valence-electron chi connectivity index (χ4n) is 2.94. The zero-order valence-electron chi connectivity index (χ0n) is 14.3. The summed E-state index contributed by atoms with van der Waals surface area (Å²) in [5.41, 5.74) is 3.25. The van der Waals surface area contributed by atoms with E-state index < -0.39 is 0 Å². The molecule has 1 amide bonds. The second kappa shape index (κ2) is 7.15. The van der Waals surface area contributed by atoms with Crippen molar-refractivity contribution >= 4 is 34.2 Å². The Morgan fingerprint density at radius 2 is 1.80 bits per heavy atom. The average molecular weight is 358 g/mol. The lowest BCUT2D eigenvalue weighted by Crippen LogP contribution is -2.25. The van der Waals surface area contributed by atoms with Crippen LogP contribution in [0.4, 0.5) is 5.69 Å². The number of aryl methyl sites for hydroxylation is 3. The van der Waals surface area contributed by atoms with Crippen LogP contribution < -0.4 is 11.0 Å². The molecular formula is C19H20ClN3O2. The standard InChI is InChI=1S/C19H20ClN3O2/c1-3-22-16-6-4-5-7-17(16)23(19(22)25)11-10-18(24)21-15-9-8-13(2)12-14(15)20/h4-9,12H,3,10-11H2,1-2H3,(H,21,24). The molecule has 1 heterocycles. The minimum absolute atomic E-state index is 0.0927. The lowest BCUT2D eigenvalue weighted by molar-refractivity contribution is -0.116. The molecule has 3 rings (SSSR count). The Morgan fingerprint density at radius 3 is 2.44 bits per heavy atom. The summed E-state index contributed by atoms with van der Waals surface area (Å²) in [6.07, 6.45) is 0.196. The van der Waals surface area contributed by atoms with Crippen molar-refractivity contribution in [3.63, 3.8) is 0 Å². The van der Waals surface area contributed by atoms with Gasteiger partial charge in [-0.05, 0) is 43.7 Å². The fraction of sp³-hybridized carbons (Fsp3) is 0.263. The Bertz CT molecular complexity index is 988. The zero-order valence-corrected chi connectivity index (χ0v) is 15.0. The minimum Gasteiger partial charge on any atom is -0.325 e. The number of benzene rings is 2. The molecule has 0 unspecified atom stereocenters. The number of aromatic nitrogens is 2. The Hall–Kier alpha value is -2.53. The van der Waals surface area contributed by atoms with E-state index in [1.54, 1.807) is 21.3 Å². The van der Waals surface area contributed by atoms with Gasteiger partial charge in [0.05, 0.1) is 21.7 Å². The first-order valence-corrected chi connectivity index (χ1v) is 8.63. The van der Waals surface area contributed by atoms with Gasteiger partial charge < -0.3 is 5.32 Å². The van der Waals surface area contributed by atoms with Gasteiger partial charge in [0, 0.05) is 19.5 Å². The van der Waals surface area contributed by atoms with Crippen molar-refractivity contribution < 1.29 is 4.79 Å². The highest BCUT2D eigenvalue weighted by molar-refractivity contribution is 6.33. The number of amides is 1. The zero-order chi connectivity index (χ0) is 18.0.